The molecule has 0 saturated carbocycles. The van der Waals surface area contributed by atoms with Crippen LogP contribution < -0.4 is 0 Å². The first-order valence-electron chi connectivity index (χ1n) is 5.70. The minimum absolute atomic E-state index is 1.23. The zero-order valence-corrected chi connectivity index (χ0v) is 11.1. The fourth-order valence-corrected chi connectivity index (χ4v) is 3.72. The van der Waals surface area contributed by atoms with E-state index in [1.54, 1.807) is 0 Å². The van der Waals surface area contributed by atoms with Gasteiger partial charge in [-0.05, 0) is 37.1 Å². The molecule has 0 radical (unpaired) electrons. The molecule has 84 valence electrons. The Hall–Kier alpha value is -0.730. The first-order chi connectivity index (χ1) is 7.88. The second-order valence-corrected chi connectivity index (χ2v) is 6.28. The average molecular weight is 248 g/mol. The number of benzene rings is 1. The van der Waals surface area contributed by atoms with E-state index in [2.05, 4.69) is 49.4 Å². The standard InChI is InChI=1S/C14H16S2/c1-2-3-7-13-10-11-14(16-13)15-12-8-5-4-6-9-12/h4-6,8-11H,2-3,7H2,1H3. The number of thiophene rings is 1. The van der Waals surface area contributed by atoms with Crippen LogP contribution in [-0.4, -0.2) is 0 Å². The molecule has 0 atom stereocenters. The molecule has 2 aromatic rings. The van der Waals surface area contributed by atoms with Gasteiger partial charge in [-0.3, -0.25) is 0 Å². The summed E-state index contributed by atoms with van der Waals surface area (Å²) in [7, 11) is 0. The highest BCUT2D eigenvalue weighted by Gasteiger charge is 2.01. The lowest BCUT2D eigenvalue weighted by atomic mass is 10.2. The van der Waals surface area contributed by atoms with Crippen molar-refractivity contribution in [2.45, 2.75) is 35.3 Å². The lowest BCUT2D eigenvalue weighted by Gasteiger charge is -1.96. The third kappa shape index (κ3) is 3.39. The molecule has 0 bridgehead atoms. The molecule has 0 saturated heterocycles. The summed E-state index contributed by atoms with van der Waals surface area (Å²) in [4.78, 5) is 2.84. The molecular weight excluding hydrogens is 232 g/mol. The van der Waals surface area contributed by atoms with Crippen LogP contribution in [0.4, 0.5) is 0 Å². The molecule has 0 nitrogen and oxygen atoms in total. The Morgan fingerprint density at radius 1 is 1.06 bits per heavy atom. The molecule has 1 heterocycles. The third-order valence-corrected chi connectivity index (χ3v) is 4.66. The maximum absolute atomic E-state index is 2.27. The lowest BCUT2D eigenvalue weighted by molar-refractivity contribution is 0.804. The smallest absolute Gasteiger partial charge is 0.0649 e. The van der Waals surface area contributed by atoms with Gasteiger partial charge in [-0.1, -0.05) is 43.3 Å². The van der Waals surface area contributed by atoms with Crippen LogP contribution >= 0.6 is 23.1 Å². The van der Waals surface area contributed by atoms with Gasteiger partial charge in [0.1, 0.15) is 0 Å². The first-order valence-corrected chi connectivity index (χ1v) is 7.33. The minimum Gasteiger partial charge on any atom is -0.134 e. The van der Waals surface area contributed by atoms with Crippen LogP contribution in [0, 0.1) is 0 Å². The van der Waals surface area contributed by atoms with E-state index in [1.165, 1.54) is 33.2 Å². The molecule has 16 heavy (non-hydrogen) atoms. The molecule has 0 fully saturated rings. The molecule has 0 aliphatic carbocycles. The minimum atomic E-state index is 1.23. The van der Waals surface area contributed by atoms with Gasteiger partial charge in [-0.2, -0.15) is 0 Å². The Kier molecular flexibility index (Phi) is 4.49. The highest BCUT2D eigenvalue weighted by Crippen LogP contribution is 2.33. The van der Waals surface area contributed by atoms with Gasteiger partial charge in [-0.15, -0.1) is 11.3 Å². The highest BCUT2D eigenvalue weighted by atomic mass is 32.2. The predicted octanol–water partition coefficient (Wildman–Crippen LogP) is 5.24. The lowest BCUT2D eigenvalue weighted by Crippen LogP contribution is -1.76. The van der Waals surface area contributed by atoms with Crippen LogP contribution in [-0.2, 0) is 6.42 Å². The van der Waals surface area contributed by atoms with E-state index in [9.17, 15) is 0 Å². The van der Waals surface area contributed by atoms with Crippen molar-refractivity contribution in [1.29, 1.82) is 0 Å². The highest BCUT2D eigenvalue weighted by molar-refractivity contribution is 8.01. The van der Waals surface area contributed by atoms with Crippen LogP contribution in [0.2, 0.25) is 0 Å². The average Bonchev–Trinajstić information content (AvgIpc) is 2.75. The van der Waals surface area contributed by atoms with E-state index in [4.69, 9.17) is 0 Å². The number of unbranched alkanes of at least 4 members (excludes halogenated alkanes) is 1. The number of rotatable bonds is 5. The quantitative estimate of drug-likeness (QED) is 0.697. The summed E-state index contributed by atoms with van der Waals surface area (Å²) in [5, 5.41) is 0. The summed E-state index contributed by atoms with van der Waals surface area (Å²) in [5.74, 6) is 0. The van der Waals surface area contributed by atoms with Crippen molar-refractivity contribution >= 4 is 23.1 Å². The first kappa shape index (κ1) is 11.7. The largest absolute Gasteiger partial charge is 0.134 e. The molecule has 0 N–H and O–H groups in total. The van der Waals surface area contributed by atoms with Crippen LogP contribution in [0.5, 0.6) is 0 Å². The van der Waals surface area contributed by atoms with Gasteiger partial charge in [0.05, 0.1) is 4.21 Å². The van der Waals surface area contributed by atoms with Crippen molar-refractivity contribution < 1.29 is 0 Å². The van der Waals surface area contributed by atoms with E-state index in [1.807, 2.05) is 23.1 Å². The second-order valence-electron chi connectivity index (χ2n) is 3.74. The van der Waals surface area contributed by atoms with Gasteiger partial charge < -0.3 is 0 Å². The van der Waals surface area contributed by atoms with Gasteiger partial charge in [0.25, 0.3) is 0 Å². The molecule has 0 amide bonds. The van der Waals surface area contributed by atoms with Gasteiger partial charge in [-0.25, -0.2) is 0 Å². The summed E-state index contributed by atoms with van der Waals surface area (Å²) in [6.07, 6.45) is 3.81. The van der Waals surface area contributed by atoms with Crippen molar-refractivity contribution in [2.75, 3.05) is 0 Å². The Balaban J connectivity index is 1.97. The molecule has 0 aliphatic heterocycles. The normalized spacial score (nSPS) is 10.6. The third-order valence-electron chi connectivity index (χ3n) is 2.38. The summed E-state index contributed by atoms with van der Waals surface area (Å²) in [5.41, 5.74) is 0. The van der Waals surface area contributed by atoms with E-state index < -0.39 is 0 Å². The Morgan fingerprint density at radius 2 is 1.88 bits per heavy atom. The summed E-state index contributed by atoms with van der Waals surface area (Å²) < 4.78 is 1.40. The topological polar surface area (TPSA) is 0 Å². The van der Waals surface area contributed by atoms with Crippen LogP contribution in [0.1, 0.15) is 24.6 Å². The van der Waals surface area contributed by atoms with E-state index in [0.717, 1.165) is 0 Å². The van der Waals surface area contributed by atoms with E-state index >= 15 is 0 Å². The summed E-state index contributed by atoms with van der Waals surface area (Å²) in [6.45, 7) is 2.24. The zero-order valence-electron chi connectivity index (χ0n) is 9.48. The molecule has 2 rings (SSSR count). The van der Waals surface area contributed by atoms with Gasteiger partial charge >= 0.3 is 0 Å². The Labute approximate surface area is 106 Å². The molecular formula is C14H16S2. The predicted molar refractivity (Wildman–Crippen MR) is 73.5 cm³/mol. The molecule has 1 aromatic heterocycles. The van der Waals surface area contributed by atoms with Gasteiger partial charge in [0, 0.05) is 9.77 Å². The van der Waals surface area contributed by atoms with Crippen molar-refractivity contribution in [3.8, 4) is 0 Å². The molecule has 0 spiro atoms. The van der Waals surface area contributed by atoms with Crippen molar-refractivity contribution in [2.24, 2.45) is 0 Å². The fraction of sp³-hybridized carbons (Fsp3) is 0.286. The number of aryl methyl sites for hydroxylation is 1. The Bertz CT molecular complexity index is 417. The van der Waals surface area contributed by atoms with Crippen LogP contribution in [0.3, 0.4) is 0 Å². The van der Waals surface area contributed by atoms with E-state index in [0.29, 0.717) is 0 Å². The fourth-order valence-electron chi connectivity index (χ4n) is 1.50. The molecule has 0 aliphatic rings. The van der Waals surface area contributed by atoms with Crippen molar-refractivity contribution in [3.05, 3.63) is 47.3 Å². The SMILES string of the molecule is CCCCc1ccc(Sc2ccccc2)s1. The monoisotopic (exact) mass is 248 g/mol. The summed E-state index contributed by atoms with van der Waals surface area (Å²) in [6, 6.07) is 15.1. The molecule has 0 unspecified atom stereocenters. The van der Waals surface area contributed by atoms with E-state index in [-0.39, 0.29) is 0 Å². The number of hydrogen-bond acceptors (Lipinski definition) is 2. The Morgan fingerprint density at radius 3 is 2.62 bits per heavy atom. The summed E-state index contributed by atoms with van der Waals surface area (Å²) >= 11 is 3.79. The zero-order chi connectivity index (χ0) is 11.2. The number of hydrogen-bond donors (Lipinski definition) is 0. The van der Waals surface area contributed by atoms with Crippen LogP contribution in [0.15, 0.2) is 51.6 Å². The van der Waals surface area contributed by atoms with Gasteiger partial charge in [0.15, 0.2) is 0 Å². The van der Waals surface area contributed by atoms with Crippen molar-refractivity contribution in [1.82, 2.24) is 0 Å². The van der Waals surface area contributed by atoms with Gasteiger partial charge in [0.2, 0.25) is 0 Å². The molecule has 2 heteroatoms. The maximum Gasteiger partial charge on any atom is 0.0649 e. The maximum atomic E-state index is 2.27. The van der Waals surface area contributed by atoms with Crippen molar-refractivity contribution in [3.63, 3.8) is 0 Å². The van der Waals surface area contributed by atoms with Crippen LogP contribution in [0.25, 0.3) is 0 Å². The molecule has 1 aromatic carbocycles. The second kappa shape index (κ2) is 6.12.